The number of aryl methyl sites for hydroxylation is 1. The van der Waals surface area contributed by atoms with E-state index in [4.69, 9.17) is 11.6 Å². The number of alkyl halides is 4. The molecule has 114 valence electrons. The number of halogens is 4. The lowest BCUT2D eigenvalue weighted by Gasteiger charge is -2.25. The van der Waals surface area contributed by atoms with Crippen molar-refractivity contribution in [3.05, 3.63) is 23.4 Å². The van der Waals surface area contributed by atoms with E-state index in [-0.39, 0.29) is 5.88 Å². The molecule has 0 bridgehead atoms. The lowest BCUT2D eigenvalue weighted by atomic mass is 10.1. The number of pyridine rings is 1. The molecule has 0 fully saturated rings. The summed E-state index contributed by atoms with van der Waals surface area (Å²) >= 11 is 5.82. The molecule has 0 N–H and O–H groups in total. The van der Waals surface area contributed by atoms with Crippen LogP contribution in [-0.4, -0.2) is 24.2 Å². The summed E-state index contributed by atoms with van der Waals surface area (Å²) < 4.78 is 38.0. The van der Waals surface area contributed by atoms with Crippen molar-refractivity contribution in [3.8, 4) is 0 Å². The Labute approximate surface area is 122 Å². The second-order valence-corrected chi connectivity index (χ2v) is 5.01. The van der Waals surface area contributed by atoms with Crippen LogP contribution in [0.3, 0.4) is 0 Å². The number of rotatable bonds is 7. The fourth-order valence-electron chi connectivity index (χ4n) is 2.02. The lowest BCUT2D eigenvalue weighted by molar-refractivity contribution is -0.119. The average molecular weight is 309 g/mol. The number of nitrogens with zero attached hydrogens (tertiary/aromatic N) is 2. The Kier molecular flexibility index (Phi) is 6.59. The zero-order valence-corrected chi connectivity index (χ0v) is 12.6. The van der Waals surface area contributed by atoms with E-state index in [0.29, 0.717) is 18.8 Å². The lowest BCUT2D eigenvalue weighted by Crippen LogP contribution is -2.35. The molecular weight excluding hydrogens is 289 g/mol. The van der Waals surface area contributed by atoms with Crippen LogP contribution in [0.25, 0.3) is 0 Å². The van der Waals surface area contributed by atoms with Crippen molar-refractivity contribution >= 4 is 17.4 Å². The Balaban J connectivity index is 3.07. The van der Waals surface area contributed by atoms with Gasteiger partial charge >= 0.3 is 6.18 Å². The summed E-state index contributed by atoms with van der Waals surface area (Å²) in [5.41, 5.74) is 1.60. The van der Waals surface area contributed by atoms with Crippen LogP contribution in [0.2, 0.25) is 0 Å². The van der Waals surface area contributed by atoms with Crippen LogP contribution >= 0.6 is 11.6 Å². The van der Waals surface area contributed by atoms with Crippen molar-refractivity contribution in [3.63, 3.8) is 0 Å². The van der Waals surface area contributed by atoms with E-state index in [1.807, 2.05) is 19.9 Å². The zero-order valence-electron chi connectivity index (χ0n) is 11.8. The van der Waals surface area contributed by atoms with E-state index < -0.39 is 12.7 Å². The van der Waals surface area contributed by atoms with Gasteiger partial charge in [0, 0.05) is 18.1 Å². The number of hydrogen-bond acceptors (Lipinski definition) is 2. The number of anilines is 1. The third-order valence-corrected chi connectivity index (χ3v) is 3.08. The molecule has 1 aromatic rings. The Hall–Kier alpha value is -0.970. The van der Waals surface area contributed by atoms with Crippen LogP contribution in [0.5, 0.6) is 0 Å². The molecule has 0 saturated carbocycles. The summed E-state index contributed by atoms with van der Waals surface area (Å²) in [6.07, 6.45) is -1.97. The Morgan fingerprint density at radius 3 is 2.40 bits per heavy atom. The molecule has 0 aliphatic carbocycles. The third-order valence-electron chi connectivity index (χ3n) is 2.77. The molecule has 1 heterocycles. The molecule has 0 atom stereocenters. The van der Waals surface area contributed by atoms with Crippen molar-refractivity contribution in [2.45, 2.75) is 45.2 Å². The predicted molar refractivity (Wildman–Crippen MR) is 76.3 cm³/mol. The van der Waals surface area contributed by atoms with Gasteiger partial charge in [-0.05, 0) is 30.5 Å². The van der Waals surface area contributed by atoms with Crippen LogP contribution in [0, 0.1) is 0 Å². The fourth-order valence-corrected chi connectivity index (χ4v) is 2.17. The van der Waals surface area contributed by atoms with E-state index in [9.17, 15) is 13.2 Å². The smallest absolute Gasteiger partial charge is 0.348 e. The van der Waals surface area contributed by atoms with Crippen LogP contribution in [0.15, 0.2) is 12.1 Å². The van der Waals surface area contributed by atoms with E-state index in [0.717, 1.165) is 24.1 Å². The highest BCUT2D eigenvalue weighted by Gasteiger charge is 2.31. The normalized spacial score (nSPS) is 11.7. The Morgan fingerprint density at radius 2 is 1.90 bits per heavy atom. The molecule has 0 aliphatic rings. The molecule has 0 aromatic carbocycles. The van der Waals surface area contributed by atoms with Crippen LogP contribution in [0.1, 0.15) is 37.9 Å². The number of hydrogen-bond donors (Lipinski definition) is 0. The highest BCUT2D eigenvalue weighted by molar-refractivity contribution is 6.17. The first-order valence-corrected chi connectivity index (χ1v) is 7.30. The fraction of sp³-hybridized carbons (Fsp3) is 0.643. The second kappa shape index (κ2) is 7.72. The number of aromatic nitrogens is 1. The van der Waals surface area contributed by atoms with E-state index in [2.05, 4.69) is 4.98 Å². The summed E-state index contributed by atoms with van der Waals surface area (Å²) in [5, 5.41) is 0. The molecule has 2 nitrogen and oxygen atoms in total. The first-order chi connectivity index (χ1) is 9.39. The summed E-state index contributed by atoms with van der Waals surface area (Å²) in [7, 11) is 0. The minimum absolute atomic E-state index is 0.276. The predicted octanol–water partition coefficient (Wildman–Crippen LogP) is 4.55. The average Bonchev–Trinajstić information content (AvgIpc) is 2.36. The molecule has 0 unspecified atom stereocenters. The second-order valence-electron chi connectivity index (χ2n) is 4.75. The molecular formula is C14H20ClF3N2. The molecule has 1 aromatic heterocycles. The Morgan fingerprint density at radius 1 is 1.20 bits per heavy atom. The third kappa shape index (κ3) is 5.57. The minimum atomic E-state index is -4.24. The van der Waals surface area contributed by atoms with Gasteiger partial charge in [0.2, 0.25) is 0 Å². The quantitative estimate of drug-likeness (QED) is 0.687. The van der Waals surface area contributed by atoms with Gasteiger partial charge in [-0.1, -0.05) is 20.3 Å². The molecule has 0 spiro atoms. The van der Waals surface area contributed by atoms with Gasteiger partial charge in [0.15, 0.2) is 0 Å². The molecule has 0 amide bonds. The van der Waals surface area contributed by atoms with Gasteiger partial charge in [-0.2, -0.15) is 13.2 Å². The van der Waals surface area contributed by atoms with Crippen molar-refractivity contribution < 1.29 is 13.2 Å². The van der Waals surface area contributed by atoms with Crippen LogP contribution < -0.4 is 4.90 Å². The largest absolute Gasteiger partial charge is 0.405 e. The van der Waals surface area contributed by atoms with Crippen molar-refractivity contribution in [1.82, 2.24) is 4.98 Å². The maximum atomic E-state index is 12.7. The van der Waals surface area contributed by atoms with Gasteiger partial charge in [0.25, 0.3) is 0 Å². The topological polar surface area (TPSA) is 16.1 Å². The van der Waals surface area contributed by atoms with Crippen molar-refractivity contribution in [2.75, 3.05) is 18.0 Å². The standard InChI is InChI=1S/C14H20ClF3N2/c1-3-5-12-7-11(9-15)8-13(19-12)20(6-4-2)10-14(16,17)18/h7-8H,3-6,9-10H2,1-2H3. The summed E-state index contributed by atoms with van der Waals surface area (Å²) in [6.45, 7) is 3.20. The molecule has 0 saturated heterocycles. The van der Waals surface area contributed by atoms with E-state index >= 15 is 0 Å². The van der Waals surface area contributed by atoms with E-state index in [1.54, 1.807) is 6.07 Å². The maximum absolute atomic E-state index is 12.7. The van der Waals surface area contributed by atoms with Crippen LogP contribution in [-0.2, 0) is 12.3 Å². The highest BCUT2D eigenvalue weighted by Crippen LogP contribution is 2.23. The van der Waals surface area contributed by atoms with Crippen molar-refractivity contribution in [1.29, 1.82) is 0 Å². The van der Waals surface area contributed by atoms with Crippen LogP contribution in [0.4, 0.5) is 19.0 Å². The Bertz CT molecular complexity index is 421. The molecule has 1 rings (SSSR count). The van der Waals surface area contributed by atoms with Gasteiger partial charge in [0.05, 0.1) is 0 Å². The first kappa shape index (κ1) is 17.1. The summed E-state index contributed by atoms with van der Waals surface area (Å²) in [4.78, 5) is 5.61. The van der Waals surface area contributed by atoms with Gasteiger partial charge in [-0.15, -0.1) is 11.6 Å². The molecule has 0 aliphatic heterocycles. The minimum Gasteiger partial charge on any atom is -0.348 e. The summed E-state index contributed by atoms with van der Waals surface area (Å²) in [6, 6.07) is 3.51. The van der Waals surface area contributed by atoms with Gasteiger partial charge < -0.3 is 4.90 Å². The van der Waals surface area contributed by atoms with Crippen molar-refractivity contribution in [2.24, 2.45) is 0 Å². The molecule has 0 radical (unpaired) electrons. The zero-order chi connectivity index (χ0) is 15.2. The maximum Gasteiger partial charge on any atom is 0.405 e. The first-order valence-electron chi connectivity index (χ1n) is 6.77. The van der Waals surface area contributed by atoms with E-state index in [1.165, 1.54) is 4.90 Å². The monoisotopic (exact) mass is 308 g/mol. The summed E-state index contributed by atoms with van der Waals surface area (Å²) in [5.74, 6) is 0.642. The SMILES string of the molecule is CCCc1cc(CCl)cc(N(CCC)CC(F)(F)F)n1. The molecule has 20 heavy (non-hydrogen) atoms. The van der Waals surface area contributed by atoms with Gasteiger partial charge in [0.1, 0.15) is 12.4 Å². The van der Waals surface area contributed by atoms with Gasteiger partial charge in [-0.25, -0.2) is 4.98 Å². The van der Waals surface area contributed by atoms with Gasteiger partial charge in [-0.3, -0.25) is 0 Å². The molecule has 6 heteroatoms. The highest BCUT2D eigenvalue weighted by atomic mass is 35.5.